The third-order valence-electron chi connectivity index (χ3n) is 17.3. The molecule has 0 aliphatic carbocycles. The minimum atomic E-state index is -4.96. The van der Waals surface area contributed by atoms with Crippen molar-refractivity contribution in [2.75, 3.05) is 39.6 Å². The van der Waals surface area contributed by atoms with Crippen molar-refractivity contribution in [3.63, 3.8) is 0 Å². The van der Waals surface area contributed by atoms with Crippen molar-refractivity contribution in [3.8, 4) is 0 Å². The average molecular weight is 1590 g/mol. The minimum Gasteiger partial charge on any atom is -0.463 e. The van der Waals surface area contributed by atoms with Crippen molar-refractivity contribution in [2.24, 2.45) is 0 Å². The lowest BCUT2D eigenvalue weighted by Crippen LogP contribution is -2.30. The van der Waals surface area contributed by atoms with Crippen molar-refractivity contribution < 1.29 is 75.8 Å². The summed E-state index contributed by atoms with van der Waals surface area (Å²) in [5.41, 5.74) is 0. The van der Waals surface area contributed by atoms with Crippen molar-refractivity contribution in [3.05, 3.63) is 194 Å². The highest BCUT2D eigenvalue weighted by Gasteiger charge is 2.29. The van der Waals surface area contributed by atoms with Gasteiger partial charge in [-0.15, -0.1) is 0 Å². The molecule has 16 nitrogen and oxygen atoms in total. The van der Waals surface area contributed by atoms with Gasteiger partial charge in [0, 0.05) is 19.3 Å². The number of rotatable bonds is 79. The van der Waals surface area contributed by atoms with Crippen LogP contribution in [-0.4, -0.2) is 95.9 Å². The highest BCUT2D eigenvalue weighted by Crippen LogP contribution is 2.45. The fourth-order valence-corrected chi connectivity index (χ4v) is 12.5. The number of ether oxygens (including phenoxy) is 3. The normalized spacial score (nSPS) is 14.8. The Bertz CT molecular complexity index is 2800. The number of hydrogen-bond donors (Lipinski definition) is 4. The van der Waals surface area contributed by atoms with Gasteiger partial charge in [0.25, 0.3) is 0 Å². The molecule has 4 N–H and O–H groups in total. The van der Waals surface area contributed by atoms with Gasteiger partial charge in [-0.05, 0) is 154 Å². The smallest absolute Gasteiger partial charge is 0.463 e. The number of phosphoric acid groups is 2. The molecule has 0 aliphatic rings. The summed E-state index contributed by atoms with van der Waals surface area (Å²) in [4.78, 5) is 58.8. The van der Waals surface area contributed by atoms with Gasteiger partial charge in [-0.3, -0.25) is 32.5 Å². The molecule has 0 aromatic rings. The predicted molar refractivity (Wildman–Crippen MR) is 463 cm³/mol. The van der Waals surface area contributed by atoms with E-state index in [1.54, 1.807) is 0 Å². The van der Waals surface area contributed by atoms with Crippen LogP contribution in [0.15, 0.2) is 194 Å². The van der Waals surface area contributed by atoms with Crippen molar-refractivity contribution in [1.29, 1.82) is 0 Å². The first-order chi connectivity index (χ1) is 54.2. The van der Waals surface area contributed by atoms with E-state index in [2.05, 4.69) is 203 Å². The maximum atomic E-state index is 13.0. The number of carbonyl (C=O) groups is 3. The third kappa shape index (κ3) is 85.1. The van der Waals surface area contributed by atoms with Crippen molar-refractivity contribution >= 4 is 33.6 Å². The predicted octanol–water partition coefficient (Wildman–Crippen LogP) is 25.9. The van der Waals surface area contributed by atoms with Gasteiger partial charge in [0.15, 0.2) is 6.10 Å². The van der Waals surface area contributed by atoms with Crippen LogP contribution in [0.3, 0.4) is 0 Å². The summed E-state index contributed by atoms with van der Waals surface area (Å²) in [6.45, 7) is 2.26. The van der Waals surface area contributed by atoms with Crippen LogP contribution in [0.5, 0.6) is 0 Å². The molecule has 0 saturated carbocycles. The van der Waals surface area contributed by atoms with E-state index < -0.39 is 91.5 Å². The molecule has 0 heterocycles. The van der Waals surface area contributed by atoms with Gasteiger partial charge in [0.1, 0.15) is 25.4 Å². The van der Waals surface area contributed by atoms with E-state index in [9.17, 15) is 43.5 Å². The monoisotopic (exact) mass is 1590 g/mol. The molecule has 0 saturated heterocycles. The largest absolute Gasteiger partial charge is 0.472 e. The molecule has 5 atom stereocenters. The van der Waals surface area contributed by atoms with Crippen LogP contribution >= 0.6 is 15.6 Å². The Morgan fingerprint density at radius 3 is 0.739 bits per heavy atom. The molecule has 0 amide bonds. The number of aliphatic hydroxyl groups is 2. The van der Waals surface area contributed by atoms with Crippen molar-refractivity contribution in [2.45, 2.75) is 334 Å². The van der Waals surface area contributed by atoms with Gasteiger partial charge in [0.2, 0.25) is 0 Å². The summed E-state index contributed by atoms with van der Waals surface area (Å²) >= 11 is 0. The van der Waals surface area contributed by atoms with Gasteiger partial charge >= 0.3 is 33.6 Å². The average Bonchev–Trinajstić information content (AvgIpc) is 0.906. The van der Waals surface area contributed by atoms with Crippen LogP contribution in [0.1, 0.15) is 316 Å². The second-order valence-electron chi connectivity index (χ2n) is 27.8. The lowest BCUT2D eigenvalue weighted by Gasteiger charge is -2.21. The standard InChI is InChI=1S/C93H152O16P2/c1-4-7-10-13-16-19-22-25-28-31-33-35-37-39-41-42-43-44-46-48-49-51-53-56-58-61-64-67-70-73-76-79-91(96)103-82-88(94)83-105-110(99,100)106-84-89(95)85-107-111(101,102)108-87-90(109-93(98)81-78-75-72-69-66-63-60-55-30-27-24-21-18-15-12-9-6-3)86-104-92(97)80-77-74-71-68-65-62-59-57-54-52-50-47-45-40-38-36-34-32-29-26-23-20-17-14-11-8-5-2/h7-12,16-21,25-30,33-36,39-41,45,50,52,60,63,69,72,88-90,94-95H,4-6,13-15,22-24,31-32,37-38,42-44,46-49,51,53-59,61-62,64-68,70-71,73-87H2,1-3H3,(H,99,100)(H,101,102)/b10-7-,11-8-,12-9-,19-16-,20-17-,21-18-,28-25-,29-26-,30-27-,35-33-,36-34-,41-39-,45-40-,52-50-,63-60-,72-69-. The molecule has 18 heteroatoms. The fraction of sp³-hybridized carbons (Fsp3) is 0.624. The van der Waals surface area contributed by atoms with Crippen LogP contribution in [0, 0.1) is 0 Å². The molecule has 5 unspecified atom stereocenters. The van der Waals surface area contributed by atoms with Crippen molar-refractivity contribution in [1.82, 2.24) is 0 Å². The number of aliphatic hydroxyl groups excluding tert-OH is 2. The number of carbonyl (C=O) groups excluding carboxylic acids is 3. The molecule has 0 aromatic carbocycles. The number of allylic oxidation sites excluding steroid dienone is 32. The Kier molecular flexibility index (Phi) is 79.6. The van der Waals surface area contributed by atoms with E-state index in [-0.39, 0.29) is 19.3 Å². The first-order valence-electron chi connectivity index (χ1n) is 42.7. The number of phosphoric ester groups is 2. The maximum absolute atomic E-state index is 13.0. The lowest BCUT2D eigenvalue weighted by molar-refractivity contribution is -0.161. The molecule has 0 aromatic heterocycles. The SMILES string of the molecule is CC/C=C\C/C=C\C/C=C\C/C=C\C/C=C\C/C=C\CCCCCCCCCCC(=O)OCC(COP(=O)(O)OCC(O)COP(=O)(O)OCC(O)COC(=O)CCCCCCCCCCCCCCCCC/C=C\C/C=C\C/C=C\C/C=C\C/C=C\CC)OC(=O)CCC/C=C\C/C=C\C/C=C\C/C=C\C/C=C\CC. The van der Waals surface area contributed by atoms with Crippen LogP contribution < -0.4 is 0 Å². The quantitative estimate of drug-likeness (QED) is 0.0146. The molecule has 630 valence electrons. The second kappa shape index (κ2) is 83.8. The van der Waals surface area contributed by atoms with Crippen LogP contribution in [-0.2, 0) is 55.8 Å². The van der Waals surface area contributed by atoms with E-state index in [4.69, 9.17) is 32.3 Å². The fourth-order valence-electron chi connectivity index (χ4n) is 10.9. The highest BCUT2D eigenvalue weighted by molar-refractivity contribution is 7.47. The molecule has 0 bridgehead atoms. The van der Waals surface area contributed by atoms with Gasteiger partial charge in [-0.1, -0.05) is 337 Å². The zero-order valence-electron chi connectivity index (χ0n) is 69.1. The summed E-state index contributed by atoms with van der Waals surface area (Å²) in [6.07, 6.45) is 111. The number of esters is 3. The number of hydrogen-bond acceptors (Lipinski definition) is 14. The first kappa shape index (κ1) is 105. The van der Waals surface area contributed by atoms with E-state index in [0.29, 0.717) is 25.7 Å². The van der Waals surface area contributed by atoms with E-state index in [0.717, 1.165) is 167 Å². The Hall–Kier alpha value is -5.61. The Labute approximate surface area is 674 Å². The molecule has 0 spiro atoms. The van der Waals surface area contributed by atoms with E-state index in [1.165, 1.54) is 83.5 Å². The van der Waals surface area contributed by atoms with E-state index >= 15 is 0 Å². The van der Waals surface area contributed by atoms with Crippen LogP contribution in [0.4, 0.5) is 0 Å². The molecule has 111 heavy (non-hydrogen) atoms. The maximum Gasteiger partial charge on any atom is 0.472 e. The van der Waals surface area contributed by atoms with Gasteiger partial charge in [0.05, 0.1) is 26.4 Å². The van der Waals surface area contributed by atoms with Gasteiger partial charge in [-0.25, -0.2) is 9.13 Å². The van der Waals surface area contributed by atoms with Crippen LogP contribution in [0.2, 0.25) is 0 Å². The number of unbranched alkanes of at least 4 members (excludes halogenated alkanes) is 24. The second-order valence-corrected chi connectivity index (χ2v) is 30.7. The topological polar surface area (TPSA) is 231 Å². The summed E-state index contributed by atoms with van der Waals surface area (Å²) in [6, 6.07) is 0. The zero-order valence-corrected chi connectivity index (χ0v) is 70.8. The molecule has 0 radical (unpaired) electrons. The molecular weight excluding hydrogens is 1430 g/mol. The van der Waals surface area contributed by atoms with Gasteiger partial charge < -0.3 is 34.2 Å². The summed E-state index contributed by atoms with van der Waals surface area (Å²) < 4.78 is 61.2. The zero-order chi connectivity index (χ0) is 80.8. The van der Waals surface area contributed by atoms with E-state index in [1.807, 2.05) is 12.2 Å². The molecule has 0 rings (SSSR count). The minimum absolute atomic E-state index is 0.0175. The first-order valence-corrected chi connectivity index (χ1v) is 45.7. The Morgan fingerprint density at radius 2 is 0.459 bits per heavy atom. The molecule has 0 fully saturated rings. The third-order valence-corrected chi connectivity index (χ3v) is 19.2. The highest BCUT2D eigenvalue weighted by atomic mass is 31.2. The summed E-state index contributed by atoms with van der Waals surface area (Å²) in [5, 5.41) is 20.7. The Morgan fingerprint density at radius 1 is 0.252 bits per heavy atom. The molecule has 0 aliphatic heterocycles. The lowest BCUT2D eigenvalue weighted by atomic mass is 10.0. The summed E-state index contributed by atoms with van der Waals surface area (Å²) in [7, 11) is -9.83. The van der Waals surface area contributed by atoms with Crippen LogP contribution in [0.25, 0.3) is 0 Å². The summed E-state index contributed by atoms with van der Waals surface area (Å²) in [5.74, 6) is -1.66. The molecular formula is C93H152O16P2. The van der Waals surface area contributed by atoms with Gasteiger partial charge in [-0.2, -0.15) is 0 Å². The Balaban J connectivity index is 4.59.